The third-order valence-electron chi connectivity index (χ3n) is 4.87. The van der Waals surface area contributed by atoms with E-state index in [1.54, 1.807) is 24.3 Å². The van der Waals surface area contributed by atoms with Crippen LogP contribution >= 0.6 is 8.46 Å². The fourth-order valence-corrected chi connectivity index (χ4v) is 3.98. The summed E-state index contributed by atoms with van der Waals surface area (Å²) < 4.78 is 17.7. The Bertz CT molecular complexity index is 775. The summed E-state index contributed by atoms with van der Waals surface area (Å²) in [5.74, 6) is -0.943. The number of morpholine rings is 1. The maximum Gasteiger partial charge on any atom is 0.335 e. The molecule has 6 nitrogen and oxygen atoms in total. The molecule has 0 spiro atoms. The molecule has 3 rings (SSSR count). The van der Waals surface area contributed by atoms with E-state index < -0.39 is 25.9 Å². The van der Waals surface area contributed by atoms with Crippen molar-refractivity contribution in [1.82, 2.24) is 5.32 Å². The van der Waals surface area contributed by atoms with E-state index in [0.29, 0.717) is 26.0 Å². The van der Waals surface area contributed by atoms with Gasteiger partial charge in [0.25, 0.3) is 0 Å². The molecule has 0 radical (unpaired) electrons. The standard InChI is InChI=1S/C20H24NO5P/c22-19(23)16-8-6-14(7-9-16)10-17-13-26-18(12-21-17)20(24,27-25)11-15-4-2-1-3-5-15/h1-9,17-18,21,24H,10-13,27H2,(H,22,23)/t17-,18-,20?/m1/s1. The molecule has 4 atom stereocenters. The molecule has 1 fully saturated rings. The van der Waals surface area contributed by atoms with Crippen LogP contribution in [0.2, 0.25) is 0 Å². The number of ether oxygens (including phenoxy) is 1. The molecule has 27 heavy (non-hydrogen) atoms. The molecular weight excluding hydrogens is 365 g/mol. The van der Waals surface area contributed by atoms with Gasteiger partial charge in [0, 0.05) is 19.0 Å². The number of hydrogen-bond donors (Lipinski definition) is 3. The second kappa shape index (κ2) is 8.81. The SMILES string of the molecule is O=[PH2]C(O)(Cc1ccccc1)[C@H]1CN[C@H](Cc2ccc(C(=O)O)cc2)CO1. The Labute approximate surface area is 159 Å². The fraction of sp³-hybridized carbons (Fsp3) is 0.350. The molecule has 0 aromatic heterocycles. The first-order valence-corrected chi connectivity index (χ1v) is 9.95. The number of aromatic carboxylic acids is 1. The maximum atomic E-state index is 11.8. The van der Waals surface area contributed by atoms with Crippen LogP contribution in [0.4, 0.5) is 0 Å². The number of aliphatic hydroxyl groups is 1. The van der Waals surface area contributed by atoms with Gasteiger partial charge >= 0.3 is 5.97 Å². The van der Waals surface area contributed by atoms with Crippen LogP contribution in [0.25, 0.3) is 0 Å². The summed E-state index contributed by atoms with van der Waals surface area (Å²) in [5, 5.41) is 21.8. The summed E-state index contributed by atoms with van der Waals surface area (Å²) in [7, 11) is -1.43. The summed E-state index contributed by atoms with van der Waals surface area (Å²) in [5.41, 5.74) is 2.19. The number of nitrogens with one attached hydrogen (secondary N) is 1. The summed E-state index contributed by atoms with van der Waals surface area (Å²) in [6.07, 6.45) is 0.449. The molecule has 1 saturated heterocycles. The van der Waals surface area contributed by atoms with Crippen LogP contribution in [0.15, 0.2) is 54.6 Å². The van der Waals surface area contributed by atoms with Crippen LogP contribution in [-0.4, -0.2) is 46.8 Å². The van der Waals surface area contributed by atoms with E-state index in [-0.39, 0.29) is 11.6 Å². The van der Waals surface area contributed by atoms with Crippen LogP contribution < -0.4 is 5.32 Å². The molecule has 0 aliphatic carbocycles. The first-order valence-electron chi connectivity index (χ1n) is 8.90. The molecule has 2 aromatic rings. The second-order valence-corrected chi connectivity index (χ2v) is 8.14. The lowest BCUT2D eigenvalue weighted by Gasteiger charge is -2.38. The van der Waals surface area contributed by atoms with Crippen molar-refractivity contribution in [2.75, 3.05) is 13.2 Å². The first kappa shape index (κ1) is 19.8. The van der Waals surface area contributed by atoms with Crippen molar-refractivity contribution in [3.8, 4) is 0 Å². The predicted octanol–water partition coefficient (Wildman–Crippen LogP) is 1.97. The van der Waals surface area contributed by atoms with Crippen LogP contribution in [0.5, 0.6) is 0 Å². The quantitative estimate of drug-likeness (QED) is 0.627. The molecule has 0 amide bonds. The molecule has 2 unspecified atom stereocenters. The number of carboxylic acid groups (broad SMARTS) is 1. The molecule has 144 valence electrons. The van der Waals surface area contributed by atoms with Gasteiger partial charge in [-0.05, 0) is 29.7 Å². The summed E-state index contributed by atoms with van der Waals surface area (Å²) in [4.78, 5) is 10.9. The Kier molecular flexibility index (Phi) is 6.45. The molecule has 1 heterocycles. The molecule has 0 saturated carbocycles. The van der Waals surface area contributed by atoms with Crippen molar-refractivity contribution < 1.29 is 24.3 Å². The summed E-state index contributed by atoms with van der Waals surface area (Å²) in [6.45, 7) is 0.804. The zero-order valence-electron chi connectivity index (χ0n) is 14.9. The highest BCUT2D eigenvalue weighted by Crippen LogP contribution is 2.31. The van der Waals surface area contributed by atoms with Crippen molar-refractivity contribution in [1.29, 1.82) is 0 Å². The minimum Gasteiger partial charge on any atom is -0.478 e. The maximum absolute atomic E-state index is 11.8. The first-order chi connectivity index (χ1) is 13.0. The monoisotopic (exact) mass is 389 g/mol. The third kappa shape index (κ3) is 5.05. The molecule has 3 N–H and O–H groups in total. The smallest absolute Gasteiger partial charge is 0.335 e. The zero-order chi connectivity index (χ0) is 19.3. The van der Waals surface area contributed by atoms with Gasteiger partial charge in [-0.2, -0.15) is 0 Å². The van der Waals surface area contributed by atoms with E-state index in [0.717, 1.165) is 11.1 Å². The lowest BCUT2D eigenvalue weighted by Crippen LogP contribution is -2.55. The average Bonchev–Trinajstić information content (AvgIpc) is 2.69. The van der Waals surface area contributed by atoms with E-state index in [1.807, 2.05) is 30.3 Å². The molecule has 1 aliphatic rings. The molecule has 2 aromatic carbocycles. The van der Waals surface area contributed by atoms with Gasteiger partial charge < -0.3 is 24.8 Å². The molecule has 0 bridgehead atoms. The number of carboxylic acids is 1. The second-order valence-electron chi connectivity index (χ2n) is 6.90. The Morgan fingerprint density at radius 3 is 2.41 bits per heavy atom. The van der Waals surface area contributed by atoms with Gasteiger partial charge in [-0.15, -0.1) is 0 Å². The highest BCUT2D eigenvalue weighted by molar-refractivity contribution is 7.25. The van der Waals surface area contributed by atoms with E-state index in [9.17, 15) is 14.5 Å². The van der Waals surface area contributed by atoms with Gasteiger partial charge in [0.05, 0.1) is 20.6 Å². The topological polar surface area (TPSA) is 95.9 Å². The lowest BCUT2D eigenvalue weighted by atomic mass is 9.99. The van der Waals surface area contributed by atoms with E-state index in [4.69, 9.17) is 9.84 Å². The number of carbonyl (C=O) groups is 1. The van der Waals surface area contributed by atoms with E-state index in [2.05, 4.69) is 5.32 Å². The normalized spacial score (nSPS) is 22.6. The van der Waals surface area contributed by atoms with Crippen LogP contribution in [0.3, 0.4) is 0 Å². The van der Waals surface area contributed by atoms with Gasteiger partial charge in [-0.25, -0.2) is 4.79 Å². The summed E-state index contributed by atoms with van der Waals surface area (Å²) in [6, 6.07) is 16.3. The van der Waals surface area contributed by atoms with Gasteiger partial charge in [0.15, 0.2) is 0 Å². The van der Waals surface area contributed by atoms with Crippen LogP contribution in [0, 0.1) is 0 Å². The lowest BCUT2D eigenvalue weighted by molar-refractivity contribution is -0.0845. The highest BCUT2D eigenvalue weighted by atomic mass is 31.1. The van der Waals surface area contributed by atoms with Gasteiger partial charge in [-0.3, -0.25) is 0 Å². The predicted molar refractivity (Wildman–Crippen MR) is 104 cm³/mol. The van der Waals surface area contributed by atoms with Crippen molar-refractivity contribution in [3.63, 3.8) is 0 Å². The molecule has 7 heteroatoms. The minimum absolute atomic E-state index is 0.0551. The van der Waals surface area contributed by atoms with E-state index in [1.165, 1.54) is 0 Å². The molecule has 1 aliphatic heterocycles. The number of hydrogen-bond acceptors (Lipinski definition) is 5. The Hall–Kier alpha value is -1.98. The number of rotatable bonds is 7. The highest BCUT2D eigenvalue weighted by Gasteiger charge is 2.39. The summed E-state index contributed by atoms with van der Waals surface area (Å²) >= 11 is 0. The van der Waals surface area contributed by atoms with Crippen molar-refractivity contribution in [3.05, 3.63) is 71.3 Å². The van der Waals surface area contributed by atoms with E-state index >= 15 is 0 Å². The largest absolute Gasteiger partial charge is 0.478 e. The average molecular weight is 389 g/mol. The van der Waals surface area contributed by atoms with Gasteiger partial charge in [0.1, 0.15) is 11.4 Å². The Morgan fingerprint density at radius 2 is 1.85 bits per heavy atom. The van der Waals surface area contributed by atoms with Crippen LogP contribution in [-0.2, 0) is 22.1 Å². The third-order valence-corrected chi connectivity index (χ3v) is 5.85. The fourth-order valence-electron chi connectivity index (χ4n) is 3.30. The van der Waals surface area contributed by atoms with Crippen molar-refractivity contribution >= 4 is 14.4 Å². The molecular formula is C20H24NO5P. The Balaban J connectivity index is 1.57. The van der Waals surface area contributed by atoms with Gasteiger partial charge in [0.2, 0.25) is 0 Å². The van der Waals surface area contributed by atoms with Crippen molar-refractivity contribution in [2.45, 2.75) is 30.3 Å². The zero-order valence-corrected chi connectivity index (χ0v) is 16.0. The van der Waals surface area contributed by atoms with Gasteiger partial charge in [-0.1, -0.05) is 42.5 Å². The van der Waals surface area contributed by atoms with Crippen LogP contribution in [0.1, 0.15) is 21.5 Å². The number of benzene rings is 2. The Morgan fingerprint density at radius 1 is 1.15 bits per heavy atom. The van der Waals surface area contributed by atoms with Crippen molar-refractivity contribution in [2.24, 2.45) is 0 Å². The minimum atomic E-state index is -1.43.